The van der Waals surface area contributed by atoms with E-state index in [1.54, 1.807) is 0 Å². The Balaban J connectivity index is 1.49. The van der Waals surface area contributed by atoms with E-state index in [0.717, 1.165) is 19.1 Å². The summed E-state index contributed by atoms with van der Waals surface area (Å²) in [5.41, 5.74) is -0.871. The summed E-state index contributed by atoms with van der Waals surface area (Å²) >= 11 is 0. The first kappa shape index (κ1) is 35.1. The Labute approximate surface area is 270 Å². The summed E-state index contributed by atoms with van der Waals surface area (Å²) in [5, 5.41) is 93.8. The molecule has 3 aromatic rings. The molecule has 0 bridgehead atoms. The van der Waals surface area contributed by atoms with Crippen molar-refractivity contribution in [1.82, 2.24) is 0 Å². The average molecular weight is 683 g/mol. The molecule has 0 spiro atoms. The predicted molar refractivity (Wildman–Crippen MR) is 156 cm³/mol. The number of methoxy groups -OCH3 is 1. The molecular weight excluding hydrogens is 648 g/mol. The molecule has 0 saturated carbocycles. The van der Waals surface area contributed by atoms with Gasteiger partial charge in [-0.1, -0.05) is 0 Å². The summed E-state index contributed by atoms with van der Waals surface area (Å²) in [6.45, 7) is -0.321. The van der Waals surface area contributed by atoms with Gasteiger partial charge in [0.2, 0.25) is 12.0 Å². The van der Waals surface area contributed by atoms with Crippen molar-refractivity contribution in [2.24, 2.45) is 0 Å². The number of aliphatic hydroxyl groups excluding tert-OH is 6. The van der Waals surface area contributed by atoms with Gasteiger partial charge in [-0.3, -0.25) is 9.59 Å². The molecule has 0 radical (unpaired) electrons. The smallest absolute Gasteiger partial charge is 0.302 e. The van der Waals surface area contributed by atoms with E-state index in [9.17, 15) is 55.5 Å². The fraction of sp³-hybridized carbons (Fsp3) is 0.467. The number of aliphatic hydroxyl groups is 6. The zero-order valence-electron chi connectivity index (χ0n) is 25.3. The predicted octanol–water partition coefficient (Wildman–Crippen LogP) is -1.84. The summed E-state index contributed by atoms with van der Waals surface area (Å²) in [7, 11) is 1.34. The van der Waals surface area contributed by atoms with E-state index in [-0.39, 0.29) is 28.4 Å². The first-order valence-electron chi connectivity index (χ1n) is 14.4. The summed E-state index contributed by atoms with van der Waals surface area (Å²) in [6.07, 6.45) is -17.8. The van der Waals surface area contributed by atoms with Crippen LogP contribution in [0.3, 0.4) is 0 Å². The highest BCUT2D eigenvalue weighted by Crippen LogP contribution is 2.43. The zero-order valence-corrected chi connectivity index (χ0v) is 25.3. The molecule has 18 heteroatoms. The van der Waals surface area contributed by atoms with Crippen molar-refractivity contribution in [3.8, 4) is 40.1 Å². The van der Waals surface area contributed by atoms with Gasteiger partial charge in [-0.05, 0) is 18.2 Å². The van der Waals surface area contributed by atoms with Crippen LogP contribution < -0.4 is 14.9 Å². The van der Waals surface area contributed by atoms with Crippen molar-refractivity contribution in [3.05, 3.63) is 40.6 Å². The number of phenolic OH excluding ortho intramolecular Hbond substituents is 3. The molecule has 9 N–H and O–H groups in total. The molecular formula is C30H34O18. The van der Waals surface area contributed by atoms with Gasteiger partial charge in [0.15, 0.2) is 40.8 Å². The van der Waals surface area contributed by atoms with Gasteiger partial charge in [-0.2, -0.15) is 0 Å². The van der Waals surface area contributed by atoms with Gasteiger partial charge < -0.3 is 78.8 Å². The quantitative estimate of drug-likeness (QED) is 0.0885. The molecule has 48 heavy (non-hydrogen) atoms. The largest absolute Gasteiger partial charge is 0.504 e. The van der Waals surface area contributed by atoms with Crippen LogP contribution >= 0.6 is 0 Å². The van der Waals surface area contributed by atoms with Crippen molar-refractivity contribution < 1.29 is 83.6 Å². The Kier molecular flexibility index (Phi) is 10.3. The Hall–Kier alpha value is -4.24. The van der Waals surface area contributed by atoms with Crippen molar-refractivity contribution in [2.45, 2.75) is 68.3 Å². The van der Waals surface area contributed by atoms with Crippen molar-refractivity contribution >= 4 is 16.9 Å². The molecule has 262 valence electrons. The van der Waals surface area contributed by atoms with Crippen LogP contribution in [0.5, 0.6) is 28.7 Å². The second kappa shape index (κ2) is 14.1. The van der Waals surface area contributed by atoms with Gasteiger partial charge in [0.1, 0.15) is 66.1 Å². The number of hydrogen-bond acceptors (Lipinski definition) is 18. The molecule has 2 fully saturated rings. The number of carbonyl (C=O) groups excluding carboxylic acids is 1. The number of hydrogen-bond donors (Lipinski definition) is 9. The maximum atomic E-state index is 13.0. The fourth-order valence-electron chi connectivity index (χ4n) is 5.29. The number of esters is 1. The number of benzene rings is 2. The van der Waals surface area contributed by atoms with Crippen LogP contribution in [0, 0.1) is 0 Å². The van der Waals surface area contributed by atoms with E-state index >= 15 is 0 Å². The second-order valence-electron chi connectivity index (χ2n) is 11.0. The topological polar surface area (TPSA) is 285 Å². The van der Waals surface area contributed by atoms with E-state index in [2.05, 4.69) is 0 Å². The van der Waals surface area contributed by atoms with Crippen LogP contribution in [0.25, 0.3) is 22.3 Å². The van der Waals surface area contributed by atoms with E-state index in [4.69, 9.17) is 32.8 Å². The molecule has 0 aliphatic carbocycles. The second-order valence-corrected chi connectivity index (χ2v) is 11.0. The van der Waals surface area contributed by atoms with Crippen LogP contribution in [0.15, 0.2) is 39.5 Å². The van der Waals surface area contributed by atoms with Crippen LogP contribution in [0.1, 0.15) is 6.92 Å². The molecule has 2 aliphatic heterocycles. The van der Waals surface area contributed by atoms with Gasteiger partial charge in [0, 0.05) is 24.6 Å². The maximum absolute atomic E-state index is 13.0. The van der Waals surface area contributed by atoms with Gasteiger partial charge >= 0.3 is 5.97 Å². The van der Waals surface area contributed by atoms with E-state index < -0.39 is 109 Å². The number of fused-ring (bicyclic) bond motifs is 1. The summed E-state index contributed by atoms with van der Waals surface area (Å²) < 4.78 is 38.1. The molecule has 2 saturated heterocycles. The molecule has 10 atom stereocenters. The van der Waals surface area contributed by atoms with E-state index in [1.807, 2.05) is 0 Å². The fourth-order valence-corrected chi connectivity index (χ4v) is 5.29. The summed E-state index contributed by atoms with van der Waals surface area (Å²) in [5.74, 6) is -3.48. The molecule has 10 unspecified atom stereocenters. The lowest BCUT2D eigenvalue weighted by Gasteiger charge is -2.45. The molecule has 18 nitrogen and oxygen atoms in total. The van der Waals surface area contributed by atoms with E-state index in [1.165, 1.54) is 25.3 Å². The van der Waals surface area contributed by atoms with Crippen LogP contribution in [-0.2, 0) is 23.7 Å². The lowest BCUT2D eigenvalue weighted by atomic mass is 9.97. The minimum absolute atomic E-state index is 0.0667. The Morgan fingerprint density at radius 3 is 2.17 bits per heavy atom. The van der Waals surface area contributed by atoms with E-state index in [0.29, 0.717) is 0 Å². The third-order valence-electron chi connectivity index (χ3n) is 7.87. The Morgan fingerprint density at radius 2 is 1.52 bits per heavy atom. The first-order valence-corrected chi connectivity index (χ1v) is 14.4. The molecule has 3 heterocycles. The maximum Gasteiger partial charge on any atom is 0.302 e. The van der Waals surface area contributed by atoms with Crippen molar-refractivity contribution in [2.75, 3.05) is 20.3 Å². The molecule has 2 aliphatic rings. The summed E-state index contributed by atoms with van der Waals surface area (Å²) in [6, 6.07) is 6.16. The van der Waals surface area contributed by atoms with Gasteiger partial charge in [0.25, 0.3) is 0 Å². The number of ether oxygens (including phenoxy) is 6. The summed E-state index contributed by atoms with van der Waals surface area (Å²) in [4.78, 5) is 24.3. The third-order valence-corrected chi connectivity index (χ3v) is 7.87. The first-order chi connectivity index (χ1) is 22.7. The highest BCUT2D eigenvalue weighted by atomic mass is 16.8. The SMILES string of the molecule is COc1ccc(-c2cc(=O)c3c(O)c(O)c(OC4OC(CO)C(O)C(O)C4OC4OC(COC(C)=O)C(O)C(O)C4O)cc3o2)cc1O. The molecule has 5 rings (SSSR count). The highest BCUT2D eigenvalue weighted by Gasteiger charge is 2.51. The van der Waals surface area contributed by atoms with Crippen LogP contribution in [0.2, 0.25) is 0 Å². The molecule has 2 aromatic carbocycles. The third kappa shape index (κ3) is 6.70. The molecule has 0 amide bonds. The number of aromatic hydroxyl groups is 3. The van der Waals surface area contributed by atoms with Crippen molar-refractivity contribution in [3.63, 3.8) is 0 Å². The standard InChI is InChI=1S/C30H34O18/c1-10(32)43-9-19-23(37)25(39)27(41)29(47-19)48-28-26(40)22(36)18(8-31)46-30(28)45-17-7-16-20(24(38)21(17)35)13(34)6-15(44-16)11-3-4-14(42-2)12(33)5-11/h3-7,18-19,22-23,25-31,33,35-41H,8-9H2,1-2H3. The zero-order chi connectivity index (χ0) is 35.0. The minimum atomic E-state index is -1.96. The Morgan fingerprint density at radius 1 is 0.833 bits per heavy atom. The highest BCUT2D eigenvalue weighted by molar-refractivity contribution is 5.89. The number of rotatable bonds is 9. The lowest BCUT2D eigenvalue weighted by Crippen LogP contribution is -2.65. The van der Waals surface area contributed by atoms with Gasteiger partial charge in [0.05, 0.1) is 13.7 Å². The van der Waals surface area contributed by atoms with Crippen LogP contribution in [0.4, 0.5) is 0 Å². The van der Waals surface area contributed by atoms with Gasteiger partial charge in [-0.15, -0.1) is 0 Å². The Bertz CT molecular complexity index is 1690. The lowest BCUT2D eigenvalue weighted by molar-refractivity contribution is -0.358. The van der Waals surface area contributed by atoms with Gasteiger partial charge in [-0.25, -0.2) is 0 Å². The normalized spacial score (nSPS) is 30.6. The number of phenols is 3. The molecule has 1 aromatic heterocycles. The minimum Gasteiger partial charge on any atom is -0.504 e. The average Bonchev–Trinajstić information content (AvgIpc) is 3.05. The number of carbonyl (C=O) groups is 1. The van der Waals surface area contributed by atoms with Crippen LogP contribution in [-0.4, -0.2) is 134 Å². The van der Waals surface area contributed by atoms with Crippen molar-refractivity contribution in [1.29, 1.82) is 0 Å². The monoisotopic (exact) mass is 682 g/mol.